The van der Waals surface area contributed by atoms with Gasteiger partial charge in [0.1, 0.15) is 0 Å². The highest BCUT2D eigenvalue weighted by atomic mass is 16.6. The summed E-state index contributed by atoms with van der Waals surface area (Å²) in [6, 6.07) is 9.61. The third kappa shape index (κ3) is 4.84. The first-order valence-electron chi connectivity index (χ1n) is 4.71. The molecule has 0 aliphatic carbocycles. The second kappa shape index (κ2) is 6.63. The van der Waals surface area contributed by atoms with Gasteiger partial charge in [-0.05, 0) is 5.56 Å². The number of terminal acetylenes is 1. The molecule has 0 unspecified atom stereocenters. The van der Waals surface area contributed by atoms with Crippen LogP contribution < -0.4 is 5.48 Å². The number of nitrogens with one attached hydrogen (secondary N) is 1. The maximum Gasteiger partial charge on any atom is 0.244 e. The van der Waals surface area contributed by atoms with E-state index >= 15 is 0 Å². The number of rotatable bonds is 5. The maximum atomic E-state index is 11.1. The Bertz CT molecular complexity index is 340. The lowest BCUT2D eigenvalue weighted by molar-refractivity contribution is -0.134. The lowest BCUT2D eigenvalue weighted by Crippen LogP contribution is -2.22. The molecule has 0 saturated carbocycles. The minimum absolute atomic E-state index is 0.191. The number of amides is 1. The summed E-state index contributed by atoms with van der Waals surface area (Å²) in [4.78, 5) is 16.1. The van der Waals surface area contributed by atoms with Crippen molar-refractivity contribution in [2.45, 2.75) is 19.4 Å². The van der Waals surface area contributed by atoms with Gasteiger partial charge in [-0.15, -0.1) is 12.3 Å². The Hall–Kier alpha value is -1.79. The summed E-state index contributed by atoms with van der Waals surface area (Å²) in [5.41, 5.74) is 3.34. The van der Waals surface area contributed by atoms with E-state index in [1.807, 2.05) is 30.3 Å². The van der Waals surface area contributed by atoms with E-state index in [1.54, 1.807) is 0 Å². The van der Waals surface area contributed by atoms with E-state index in [0.717, 1.165) is 5.56 Å². The van der Waals surface area contributed by atoms with Gasteiger partial charge in [0.05, 0.1) is 6.61 Å². The summed E-state index contributed by atoms with van der Waals surface area (Å²) in [7, 11) is 0. The molecule has 3 nitrogen and oxygen atoms in total. The standard InChI is InChI=1S/C12H13NO2/c1-2-3-9-12(14)13-15-10-11-7-5-4-6-8-11/h1,4-8H,3,9-10H2,(H,13,14). The monoisotopic (exact) mass is 203 g/mol. The summed E-state index contributed by atoms with van der Waals surface area (Å²) in [5, 5.41) is 0. The fourth-order valence-electron chi connectivity index (χ4n) is 1.01. The molecule has 1 amide bonds. The topological polar surface area (TPSA) is 38.3 Å². The van der Waals surface area contributed by atoms with Gasteiger partial charge in [-0.25, -0.2) is 5.48 Å². The average Bonchev–Trinajstić information content (AvgIpc) is 2.28. The maximum absolute atomic E-state index is 11.1. The quantitative estimate of drug-likeness (QED) is 0.583. The van der Waals surface area contributed by atoms with Crippen LogP contribution in [0.15, 0.2) is 30.3 Å². The van der Waals surface area contributed by atoms with Crippen LogP contribution in [0.2, 0.25) is 0 Å². The molecular weight excluding hydrogens is 190 g/mol. The molecule has 0 aliphatic rings. The van der Waals surface area contributed by atoms with Crippen molar-refractivity contribution in [2.75, 3.05) is 0 Å². The predicted octanol–water partition coefficient (Wildman–Crippen LogP) is 1.65. The fraction of sp³-hybridized carbons (Fsp3) is 0.250. The molecule has 1 rings (SSSR count). The SMILES string of the molecule is C#CCCC(=O)NOCc1ccccc1. The zero-order valence-corrected chi connectivity index (χ0v) is 8.40. The molecule has 0 spiro atoms. The van der Waals surface area contributed by atoms with Crippen LogP contribution in [-0.4, -0.2) is 5.91 Å². The van der Waals surface area contributed by atoms with E-state index in [0.29, 0.717) is 19.4 Å². The van der Waals surface area contributed by atoms with E-state index < -0.39 is 0 Å². The van der Waals surface area contributed by atoms with Crippen LogP contribution in [0, 0.1) is 12.3 Å². The highest BCUT2D eigenvalue weighted by Crippen LogP contribution is 1.99. The lowest BCUT2D eigenvalue weighted by atomic mass is 10.2. The third-order valence-electron chi connectivity index (χ3n) is 1.76. The normalized spacial score (nSPS) is 9.27. The van der Waals surface area contributed by atoms with Crippen molar-refractivity contribution >= 4 is 5.91 Å². The second-order valence-corrected chi connectivity index (χ2v) is 3.00. The minimum atomic E-state index is -0.191. The van der Waals surface area contributed by atoms with E-state index in [1.165, 1.54) is 0 Å². The molecule has 0 bridgehead atoms. The molecule has 0 aromatic heterocycles. The Labute approximate surface area is 89.4 Å². The second-order valence-electron chi connectivity index (χ2n) is 3.00. The van der Waals surface area contributed by atoms with Gasteiger partial charge in [-0.2, -0.15) is 0 Å². The molecule has 0 aliphatic heterocycles. The highest BCUT2D eigenvalue weighted by molar-refractivity contribution is 5.74. The fourth-order valence-corrected chi connectivity index (χ4v) is 1.01. The van der Waals surface area contributed by atoms with Crippen molar-refractivity contribution in [2.24, 2.45) is 0 Å². The Balaban J connectivity index is 2.17. The van der Waals surface area contributed by atoms with Gasteiger partial charge in [-0.3, -0.25) is 9.63 Å². The van der Waals surface area contributed by atoms with E-state index in [9.17, 15) is 4.79 Å². The Morgan fingerprint density at radius 2 is 2.13 bits per heavy atom. The van der Waals surface area contributed by atoms with Crippen LogP contribution in [0.25, 0.3) is 0 Å². The van der Waals surface area contributed by atoms with Gasteiger partial charge in [0.25, 0.3) is 0 Å². The molecule has 0 fully saturated rings. The Kier molecular flexibility index (Phi) is 4.99. The van der Waals surface area contributed by atoms with Crippen molar-refractivity contribution in [3.05, 3.63) is 35.9 Å². The molecule has 1 N–H and O–H groups in total. The Morgan fingerprint density at radius 3 is 2.80 bits per heavy atom. The van der Waals surface area contributed by atoms with Crippen LogP contribution in [0.5, 0.6) is 0 Å². The van der Waals surface area contributed by atoms with Crippen molar-refractivity contribution in [3.8, 4) is 12.3 Å². The molecule has 0 radical (unpaired) electrons. The number of carbonyl (C=O) groups excluding carboxylic acids is 1. The van der Waals surface area contributed by atoms with Gasteiger partial charge in [0.15, 0.2) is 0 Å². The van der Waals surface area contributed by atoms with Crippen LogP contribution in [0.1, 0.15) is 18.4 Å². The highest BCUT2D eigenvalue weighted by Gasteiger charge is 1.99. The minimum Gasteiger partial charge on any atom is -0.273 e. The van der Waals surface area contributed by atoms with Gasteiger partial charge < -0.3 is 0 Å². The van der Waals surface area contributed by atoms with Crippen molar-refractivity contribution in [1.29, 1.82) is 0 Å². The summed E-state index contributed by atoms with van der Waals surface area (Å²) in [6.45, 7) is 0.364. The van der Waals surface area contributed by atoms with Crippen molar-refractivity contribution in [1.82, 2.24) is 5.48 Å². The molecule has 0 atom stereocenters. The van der Waals surface area contributed by atoms with E-state index in [2.05, 4.69) is 11.4 Å². The number of hydrogen-bond acceptors (Lipinski definition) is 2. The van der Waals surface area contributed by atoms with Gasteiger partial charge in [0.2, 0.25) is 5.91 Å². The predicted molar refractivity (Wildman–Crippen MR) is 57.4 cm³/mol. The Morgan fingerprint density at radius 1 is 1.40 bits per heavy atom. The number of hydrogen-bond donors (Lipinski definition) is 1. The molecule has 15 heavy (non-hydrogen) atoms. The first-order valence-corrected chi connectivity index (χ1v) is 4.71. The largest absolute Gasteiger partial charge is 0.273 e. The van der Waals surface area contributed by atoms with E-state index in [-0.39, 0.29) is 5.91 Å². The number of carbonyl (C=O) groups is 1. The number of hydroxylamine groups is 1. The first-order chi connectivity index (χ1) is 7.33. The van der Waals surface area contributed by atoms with Crippen molar-refractivity contribution < 1.29 is 9.63 Å². The lowest BCUT2D eigenvalue weighted by Gasteiger charge is -2.04. The number of benzene rings is 1. The molecule has 78 valence electrons. The molecule has 1 aromatic carbocycles. The van der Waals surface area contributed by atoms with Crippen LogP contribution in [0.4, 0.5) is 0 Å². The van der Waals surface area contributed by atoms with E-state index in [4.69, 9.17) is 11.3 Å². The van der Waals surface area contributed by atoms with Gasteiger partial charge in [0, 0.05) is 12.8 Å². The molecule has 3 heteroatoms. The van der Waals surface area contributed by atoms with Gasteiger partial charge >= 0.3 is 0 Å². The summed E-state index contributed by atoms with van der Waals surface area (Å²) >= 11 is 0. The molecule has 1 aromatic rings. The smallest absolute Gasteiger partial charge is 0.244 e. The van der Waals surface area contributed by atoms with Crippen molar-refractivity contribution in [3.63, 3.8) is 0 Å². The molecular formula is C12H13NO2. The zero-order valence-electron chi connectivity index (χ0n) is 8.40. The van der Waals surface area contributed by atoms with Gasteiger partial charge in [-0.1, -0.05) is 30.3 Å². The van der Waals surface area contributed by atoms with Crippen LogP contribution >= 0.6 is 0 Å². The summed E-state index contributed by atoms with van der Waals surface area (Å²) in [5.74, 6) is 2.20. The first kappa shape index (κ1) is 11.3. The molecule has 0 saturated heterocycles. The van der Waals surface area contributed by atoms with Crippen LogP contribution in [-0.2, 0) is 16.2 Å². The average molecular weight is 203 g/mol. The van der Waals surface area contributed by atoms with Crippen LogP contribution in [0.3, 0.4) is 0 Å². The summed E-state index contributed by atoms with van der Waals surface area (Å²) in [6.07, 6.45) is 5.75. The third-order valence-corrected chi connectivity index (χ3v) is 1.76. The zero-order chi connectivity index (χ0) is 10.9. The summed E-state index contributed by atoms with van der Waals surface area (Å²) < 4.78 is 0. The molecule has 0 heterocycles.